The maximum atomic E-state index is 12.0. The molecule has 17 heavy (non-hydrogen) atoms. The smallest absolute Gasteiger partial charge is 0.266 e. The van der Waals surface area contributed by atoms with Gasteiger partial charge in [0.05, 0.1) is 0 Å². The van der Waals surface area contributed by atoms with Crippen LogP contribution in [-0.2, 0) is 0 Å². The van der Waals surface area contributed by atoms with Crippen molar-refractivity contribution < 1.29 is 9.90 Å². The van der Waals surface area contributed by atoms with E-state index in [2.05, 4.69) is 11.2 Å². The summed E-state index contributed by atoms with van der Waals surface area (Å²) in [5.41, 5.74) is -0.522. The summed E-state index contributed by atoms with van der Waals surface area (Å²) < 4.78 is 0. The summed E-state index contributed by atoms with van der Waals surface area (Å²) in [6, 6.07) is 1.52. The highest BCUT2D eigenvalue weighted by Crippen LogP contribution is 2.29. The third-order valence-electron chi connectivity index (χ3n) is 3.19. The van der Waals surface area contributed by atoms with E-state index in [9.17, 15) is 9.90 Å². The molecule has 1 aliphatic carbocycles. The Morgan fingerprint density at radius 1 is 1.47 bits per heavy atom. The fourth-order valence-electron chi connectivity index (χ4n) is 2.21. The Hall–Kier alpha value is -1.47. The van der Waals surface area contributed by atoms with E-state index >= 15 is 0 Å². The number of amides is 1. The van der Waals surface area contributed by atoms with Crippen LogP contribution in [0.4, 0.5) is 0 Å². The number of hydrogen-bond donors (Lipinski definition) is 2. The number of carbonyl (C=O) groups excluding carboxylic acids is 1. The van der Waals surface area contributed by atoms with Gasteiger partial charge in [0.2, 0.25) is 0 Å². The van der Waals surface area contributed by atoms with Crippen molar-refractivity contribution in [2.24, 2.45) is 0 Å². The van der Waals surface area contributed by atoms with Gasteiger partial charge in [-0.1, -0.05) is 25.2 Å². The Kier molecular flexibility index (Phi) is 3.39. The largest absolute Gasteiger partial charge is 0.506 e. The molecule has 1 aromatic rings. The highest BCUT2D eigenvalue weighted by Gasteiger charge is 2.32. The monoisotopic (exact) mass is 249 g/mol. The van der Waals surface area contributed by atoms with Gasteiger partial charge in [-0.3, -0.25) is 4.79 Å². The molecule has 2 N–H and O–H groups in total. The van der Waals surface area contributed by atoms with Crippen molar-refractivity contribution in [3.8, 4) is 18.1 Å². The molecule has 90 valence electrons. The van der Waals surface area contributed by atoms with Gasteiger partial charge < -0.3 is 10.4 Å². The molecule has 0 aromatic carbocycles. The Labute approximate surface area is 105 Å². The molecule has 0 spiro atoms. The minimum absolute atomic E-state index is 0.0236. The van der Waals surface area contributed by atoms with Crippen LogP contribution in [0.5, 0.6) is 5.75 Å². The van der Waals surface area contributed by atoms with Gasteiger partial charge in [-0.15, -0.1) is 17.8 Å². The van der Waals surface area contributed by atoms with Crippen molar-refractivity contribution >= 4 is 17.2 Å². The molecule has 1 aromatic heterocycles. The molecule has 0 radical (unpaired) electrons. The van der Waals surface area contributed by atoms with E-state index in [1.54, 1.807) is 5.38 Å². The summed E-state index contributed by atoms with van der Waals surface area (Å²) in [6.45, 7) is 0. The maximum Gasteiger partial charge on any atom is 0.266 e. The first kappa shape index (κ1) is 12.0. The van der Waals surface area contributed by atoms with Crippen LogP contribution in [0.15, 0.2) is 11.4 Å². The van der Waals surface area contributed by atoms with Crippen molar-refractivity contribution in [1.29, 1.82) is 0 Å². The van der Waals surface area contributed by atoms with Crippen molar-refractivity contribution in [2.45, 2.75) is 37.6 Å². The molecule has 1 aliphatic rings. The van der Waals surface area contributed by atoms with Crippen LogP contribution in [-0.4, -0.2) is 16.6 Å². The zero-order valence-electron chi connectivity index (χ0n) is 9.53. The Morgan fingerprint density at radius 2 is 2.18 bits per heavy atom. The summed E-state index contributed by atoms with van der Waals surface area (Å²) in [5.74, 6) is 2.48. The lowest BCUT2D eigenvalue weighted by atomic mass is 9.82. The summed E-state index contributed by atoms with van der Waals surface area (Å²) in [4.78, 5) is 12.3. The van der Waals surface area contributed by atoms with Crippen molar-refractivity contribution in [3.05, 3.63) is 16.3 Å². The van der Waals surface area contributed by atoms with E-state index in [4.69, 9.17) is 6.42 Å². The van der Waals surface area contributed by atoms with Gasteiger partial charge in [-0.05, 0) is 24.3 Å². The number of aromatic hydroxyl groups is 1. The molecule has 2 rings (SSSR count). The highest BCUT2D eigenvalue weighted by atomic mass is 32.1. The lowest BCUT2D eigenvalue weighted by molar-refractivity contribution is 0.0905. The standard InChI is InChI=1S/C13H15NO2S/c1-2-13(7-4-3-5-8-13)14-12(16)11-10(15)6-9-17-11/h1,6,9,15H,3-5,7-8H2,(H,14,16). The highest BCUT2D eigenvalue weighted by molar-refractivity contribution is 7.12. The summed E-state index contributed by atoms with van der Waals surface area (Å²) in [6.07, 6.45) is 10.5. The zero-order chi connectivity index (χ0) is 12.3. The topological polar surface area (TPSA) is 49.3 Å². The summed E-state index contributed by atoms with van der Waals surface area (Å²) in [5, 5.41) is 14.1. The third-order valence-corrected chi connectivity index (χ3v) is 4.09. The second-order valence-electron chi connectivity index (χ2n) is 4.38. The van der Waals surface area contributed by atoms with E-state index in [1.807, 2.05) is 0 Å². The lowest BCUT2D eigenvalue weighted by Gasteiger charge is -2.33. The van der Waals surface area contributed by atoms with Crippen LogP contribution in [0.3, 0.4) is 0 Å². The van der Waals surface area contributed by atoms with Crippen LogP contribution >= 0.6 is 11.3 Å². The van der Waals surface area contributed by atoms with E-state index < -0.39 is 5.54 Å². The molecule has 0 unspecified atom stereocenters. The van der Waals surface area contributed by atoms with Crippen molar-refractivity contribution in [1.82, 2.24) is 5.32 Å². The molecule has 0 bridgehead atoms. The summed E-state index contributed by atoms with van der Waals surface area (Å²) >= 11 is 1.22. The summed E-state index contributed by atoms with van der Waals surface area (Å²) in [7, 11) is 0. The van der Waals surface area contributed by atoms with Gasteiger partial charge in [-0.25, -0.2) is 0 Å². The van der Waals surface area contributed by atoms with Crippen LogP contribution in [0.1, 0.15) is 41.8 Å². The van der Waals surface area contributed by atoms with E-state index in [-0.39, 0.29) is 11.7 Å². The first-order valence-corrected chi connectivity index (χ1v) is 6.62. The first-order chi connectivity index (χ1) is 8.17. The lowest BCUT2D eigenvalue weighted by Crippen LogP contribution is -2.48. The Balaban J connectivity index is 2.12. The van der Waals surface area contributed by atoms with E-state index in [0.29, 0.717) is 4.88 Å². The van der Waals surface area contributed by atoms with Gasteiger partial charge in [0.25, 0.3) is 5.91 Å². The second kappa shape index (κ2) is 4.80. The molecular formula is C13H15NO2S. The first-order valence-electron chi connectivity index (χ1n) is 5.74. The third kappa shape index (κ3) is 2.45. The predicted octanol–water partition coefficient (Wildman–Crippen LogP) is 2.52. The quantitative estimate of drug-likeness (QED) is 0.791. The van der Waals surface area contributed by atoms with Gasteiger partial charge in [0, 0.05) is 0 Å². The molecule has 4 heteroatoms. The minimum atomic E-state index is -0.522. The molecule has 0 aliphatic heterocycles. The molecule has 1 saturated carbocycles. The molecule has 1 fully saturated rings. The molecule has 0 atom stereocenters. The number of terminal acetylenes is 1. The molecule has 1 amide bonds. The Morgan fingerprint density at radius 3 is 2.71 bits per heavy atom. The number of carbonyl (C=O) groups is 1. The van der Waals surface area contributed by atoms with Crippen LogP contribution in [0.25, 0.3) is 0 Å². The fraction of sp³-hybridized carbons (Fsp3) is 0.462. The van der Waals surface area contributed by atoms with Crippen molar-refractivity contribution in [3.63, 3.8) is 0 Å². The van der Waals surface area contributed by atoms with Gasteiger partial charge >= 0.3 is 0 Å². The molecular weight excluding hydrogens is 234 g/mol. The average Bonchev–Trinajstić information content (AvgIpc) is 2.77. The molecule has 0 saturated heterocycles. The second-order valence-corrected chi connectivity index (χ2v) is 5.29. The molecule has 3 nitrogen and oxygen atoms in total. The van der Waals surface area contributed by atoms with Crippen LogP contribution < -0.4 is 5.32 Å². The number of thiophene rings is 1. The maximum absolute atomic E-state index is 12.0. The van der Waals surface area contributed by atoms with Gasteiger partial charge in [-0.2, -0.15) is 0 Å². The van der Waals surface area contributed by atoms with E-state index in [0.717, 1.165) is 25.7 Å². The SMILES string of the molecule is C#CC1(NC(=O)c2sccc2O)CCCCC1. The van der Waals surface area contributed by atoms with E-state index in [1.165, 1.54) is 23.8 Å². The number of nitrogens with one attached hydrogen (secondary N) is 1. The van der Waals surface area contributed by atoms with Gasteiger partial charge in [0.1, 0.15) is 16.2 Å². The predicted molar refractivity (Wildman–Crippen MR) is 68.1 cm³/mol. The normalized spacial score (nSPS) is 18.3. The van der Waals surface area contributed by atoms with Crippen LogP contribution in [0, 0.1) is 12.3 Å². The fourth-order valence-corrected chi connectivity index (χ4v) is 2.89. The molecule has 1 heterocycles. The minimum Gasteiger partial charge on any atom is -0.506 e. The number of hydrogen-bond acceptors (Lipinski definition) is 3. The van der Waals surface area contributed by atoms with Crippen molar-refractivity contribution in [2.75, 3.05) is 0 Å². The van der Waals surface area contributed by atoms with Crippen LogP contribution in [0.2, 0.25) is 0 Å². The Bertz CT molecular complexity index is 452. The van der Waals surface area contributed by atoms with Gasteiger partial charge in [0.15, 0.2) is 0 Å². The zero-order valence-corrected chi connectivity index (χ0v) is 10.3. The average molecular weight is 249 g/mol. The number of rotatable bonds is 2.